The number of hydrogen-bond donors (Lipinski definition) is 2. The fraction of sp³-hybridized carbons (Fsp3) is 0.417. The van der Waals surface area contributed by atoms with Gasteiger partial charge in [0.2, 0.25) is 5.91 Å². The Morgan fingerprint density at radius 2 is 2.06 bits per heavy atom. The zero-order valence-corrected chi connectivity index (χ0v) is 10.2. The number of nitrogens with one attached hydrogen (secondary N) is 1. The molecule has 0 aliphatic heterocycles. The second-order valence-corrected chi connectivity index (χ2v) is 4.17. The molecule has 1 amide bonds. The Hall–Kier alpha value is -1.55. The van der Waals surface area contributed by atoms with Crippen molar-refractivity contribution in [3.8, 4) is 0 Å². The molecule has 1 rings (SSSR count). The van der Waals surface area contributed by atoms with Crippen LogP contribution in [0.1, 0.15) is 12.5 Å². The molecule has 0 aromatic heterocycles. The van der Waals surface area contributed by atoms with E-state index in [1.807, 2.05) is 44.1 Å². The lowest BCUT2D eigenvalue weighted by Gasteiger charge is -2.16. The normalized spacial score (nSPS) is 12.1. The van der Waals surface area contributed by atoms with E-state index in [0.717, 1.165) is 16.9 Å². The highest BCUT2D eigenvalue weighted by molar-refractivity contribution is 5.95. The first kappa shape index (κ1) is 12.5. The molecule has 4 heteroatoms. The first-order valence-corrected chi connectivity index (χ1v) is 5.26. The van der Waals surface area contributed by atoms with Gasteiger partial charge >= 0.3 is 0 Å². The second kappa shape index (κ2) is 4.99. The van der Waals surface area contributed by atoms with Gasteiger partial charge in [-0.3, -0.25) is 4.79 Å². The molecular weight excluding hydrogens is 202 g/mol. The Labute approximate surface area is 96.4 Å². The van der Waals surface area contributed by atoms with Crippen LogP contribution >= 0.6 is 0 Å². The van der Waals surface area contributed by atoms with Gasteiger partial charge in [0.15, 0.2) is 0 Å². The molecule has 3 N–H and O–H groups in total. The summed E-state index contributed by atoms with van der Waals surface area (Å²) in [5, 5.41) is 2.79. The Morgan fingerprint density at radius 3 is 2.50 bits per heavy atom. The van der Waals surface area contributed by atoms with Crippen LogP contribution in [-0.4, -0.2) is 26.0 Å². The van der Waals surface area contributed by atoms with Gasteiger partial charge in [0, 0.05) is 25.5 Å². The van der Waals surface area contributed by atoms with Gasteiger partial charge in [-0.15, -0.1) is 0 Å². The van der Waals surface area contributed by atoms with E-state index < -0.39 is 6.04 Å². The molecule has 1 atom stereocenters. The highest BCUT2D eigenvalue weighted by Crippen LogP contribution is 2.21. The molecule has 1 aromatic rings. The molecule has 0 heterocycles. The zero-order valence-electron chi connectivity index (χ0n) is 10.2. The fourth-order valence-corrected chi connectivity index (χ4v) is 1.31. The molecule has 0 spiro atoms. The number of carbonyl (C=O) groups is 1. The first-order chi connectivity index (χ1) is 7.41. The quantitative estimate of drug-likeness (QED) is 0.810. The Morgan fingerprint density at radius 1 is 1.44 bits per heavy atom. The zero-order chi connectivity index (χ0) is 12.3. The van der Waals surface area contributed by atoms with Crippen LogP contribution in [0, 0.1) is 6.92 Å². The molecule has 0 fully saturated rings. The number of anilines is 2. The molecule has 16 heavy (non-hydrogen) atoms. The molecule has 0 unspecified atom stereocenters. The molecule has 88 valence electrons. The van der Waals surface area contributed by atoms with E-state index >= 15 is 0 Å². The van der Waals surface area contributed by atoms with Crippen molar-refractivity contribution in [2.75, 3.05) is 24.3 Å². The van der Waals surface area contributed by atoms with Gasteiger partial charge in [0.05, 0.1) is 6.04 Å². The summed E-state index contributed by atoms with van der Waals surface area (Å²) in [5.41, 5.74) is 8.44. The van der Waals surface area contributed by atoms with Crippen molar-refractivity contribution in [3.63, 3.8) is 0 Å². The SMILES string of the molecule is Cc1cc(N(C)C)ccc1NC(=O)[C@H](C)N. The van der Waals surface area contributed by atoms with E-state index in [0.29, 0.717) is 0 Å². The summed E-state index contributed by atoms with van der Waals surface area (Å²) in [6.45, 7) is 3.63. The monoisotopic (exact) mass is 221 g/mol. The van der Waals surface area contributed by atoms with Crippen LogP contribution in [0.2, 0.25) is 0 Å². The lowest BCUT2D eigenvalue weighted by molar-refractivity contribution is -0.117. The van der Waals surface area contributed by atoms with Crippen LogP contribution in [0.15, 0.2) is 18.2 Å². The van der Waals surface area contributed by atoms with Gasteiger partial charge in [0.25, 0.3) is 0 Å². The number of rotatable bonds is 3. The van der Waals surface area contributed by atoms with Crippen LogP contribution in [0.25, 0.3) is 0 Å². The predicted molar refractivity (Wildman–Crippen MR) is 67.8 cm³/mol. The molecule has 0 saturated carbocycles. The first-order valence-electron chi connectivity index (χ1n) is 5.26. The molecule has 0 aliphatic carbocycles. The molecule has 0 saturated heterocycles. The number of amides is 1. The highest BCUT2D eigenvalue weighted by Gasteiger charge is 2.09. The molecule has 0 bridgehead atoms. The average molecular weight is 221 g/mol. The van der Waals surface area contributed by atoms with Crippen LogP contribution in [0.3, 0.4) is 0 Å². The largest absolute Gasteiger partial charge is 0.378 e. The van der Waals surface area contributed by atoms with E-state index in [9.17, 15) is 4.79 Å². The summed E-state index contributed by atoms with van der Waals surface area (Å²) in [4.78, 5) is 13.5. The minimum atomic E-state index is -0.493. The molecule has 0 aliphatic rings. The number of aryl methyl sites for hydroxylation is 1. The third-order valence-electron chi connectivity index (χ3n) is 2.40. The summed E-state index contributed by atoms with van der Waals surface area (Å²) in [6.07, 6.45) is 0. The maximum atomic E-state index is 11.4. The van der Waals surface area contributed by atoms with Gasteiger partial charge in [-0.2, -0.15) is 0 Å². The van der Waals surface area contributed by atoms with Gasteiger partial charge in [-0.05, 0) is 37.6 Å². The topological polar surface area (TPSA) is 58.4 Å². The van der Waals surface area contributed by atoms with Crippen LogP contribution in [0.4, 0.5) is 11.4 Å². The van der Waals surface area contributed by atoms with Crippen molar-refractivity contribution in [3.05, 3.63) is 23.8 Å². The fourth-order valence-electron chi connectivity index (χ4n) is 1.31. The Kier molecular flexibility index (Phi) is 3.90. The number of benzene rings is 1. The number of nitrogens with two attached hydrogens (primary N) is 1. The van der Waals surface area contributed by atoms with Gasteiger partial charge in [0.1, 0.15) is 0 Å². The standard InChI is InChI=1S/C12H19N3O/c1-8-7-10(15(3)4)5-6-11(8)14-12(16)9(2)13/h5-7,9H,13H2,1-4H3,(H,14,16)/t9-/m0/s1. The third kappa shape index (κ3) is 2.97. The van der Waals surface area contributed by atoms with Gasteiger partial charge < -0.3 is 16.0 Å². The average Bonchev–Trinajstić information content (AvgIpc) is 2.20. The van der Waals surface area contributed by atoms with Gasteiger partial charge in [-0.25, -0.2) is 0 Å². The van der Waals surface area contributed by atoms with Crippen molar-refractivity contribution in [1.29, 1.82) is 0 Å². The molecule has 4 nitrogen and oxygen atoms in total. The summed E-state index contributed by atoms with van der Waals surface area (Å²) < 4.78 is 0. The molecule has 1 aromatic carbocycles. The Bertz CT molecular complexity index is 386. The number of nitrogens with zero attached hydrogens (tertiary/aromatic N) is 1. The predicted octanol–water partition coefficient (Wildman–Crippen LogP) is 1.35. The summed E-state index contributed by atoms with van der Waals surface area (Å²) in [7, 11) is 3.96. The summed E-state index contributed by atoms with van der Waals surface area (Å²) in [5.74, 6) is -0.166. The van der Waals surface area contributed by atoms with Crippen molar-refractivity contribution in [2.24, 2.45) is 5.73 Å². The van der Waals surface area contributed by atoms with E-state index in [-0.39, 0.29) is 5.91 Å². The van der Waals surface area contributed by atoms with Crippen LogP contribution in [-0.2, 0) is 4.79 Å². The number of hydrogen-bond acceptors (Lipinski definition) is 3. The van der Waals surface area contributed by atoms with E-state index in [2.05, 4.69) is 5.32 Å². The highest BCUT2D eigenvalue weighted by atomic mass is 16.2. The maximum absolute atomic E-state index is 11.4. The molecular formula is C12H19N3O. The minimum Gasteiger partial charge on any atom is -0.378 e. The summed E-state index contributed by atoms with van der Waals surface area (Å²) in [6, 6.07) is 5.39. The number of carbonyl (C=O) groups excluding carboxylic acids is 1. The minimum absolute atomic E-state index is 0.166. The molecule has 0 radical (unpaired) electrons. The van der Waals surface area contributed by atoms with Crippen molar-refractivity contribution < 1.29 is 4.79 Å². The Balaban J connectivity index is 2.87. The lowest BCUT2D eigenvalue weighted by atomic mass is 10.1. The van der Waals surface area contributed by atoms with Crippen molar-refractivity contribution in [1.82, 2.24) is 0 Å². The smallest absolute Gasteiger partial charge is 0.241 e. The second-order valence-electron chi connectivity index (χ2n) is 4.17. The van der Waals surface area contributed by atoms with Crippen LogP contribution < -0.4 is 16.0 Å². The van der Waals surface area contributed by atoms with E-state index in [1.165, 1.54) is 0 Å². The van der Waals surface area contributed by atoms with Crippen molar-refractivity contribution >= 4 is 17.3 Å². The van der Waals surface area contributed by atoms with Crippen LogP contribution in [0.5, 0.6) is 0 Å². The van der Waals surface area contributed by atoms with Gasteiger partial charge in [-0.1, -0.05) is 0 Å². The van der Waals surface area contributed by atoms with E-state index in [4.69, 9.17) is 5.73 Å². The summed E-state index contributed by atoms with van der Waals surface area (Å²) >= 11 is 0. The maximum Gasteiger partial charge on any atom is 0.241 e. The third-order valence-corrected chi connectivity index (χ3v) is 2.40. The van der Waals surface area contributed by atoms with Crippen molar-refractivity contribution in [2.45, 2.75) is 19.9 Å². The van der Waals surface area contributed by atoms with E-state index in [1.54, 1.807) is 6.92 Å². The lowest BCUT2D eigenvalue weighted by Crippen LogP contribution is -2.32.